The third kappa shape index (κ3) is 4.59. The summed E-state index contributed by atoms with van der Waals surface area (Å²) < 4.78 is 17.2. The van der Waals surface area contributed by atoms with Crippen LogP contribution in [0.25, 0.3) is 0 Å². The monoisotopic (exact) mass is 388 g/mol. The van der Waals surface area contributed by atoms with Crippen LogP contribution in [-0.4, -0.2) is 26.6 Å². The van der Waals surface area contributed by atoms with Crippen molar-refractivity contribution in [2.75, 3.05) is 5.32 Å². The zero-order valence-electron chi connectivity index (χ0n) is 16.7. The number of carbonyl (C=O) groups excluding carboxylic acids is 1. The zero-order valence-corrected chi connectivity index (χ0v) is 18.1. The van der Waals surface area contributed by atoms with Gasteiger partial charge in [0.15, 0.2) is 15.6 Å². The number of aromatic nitrogens is 1. The molecule has 1 fully saturated rings. The maximum Gasteiger partial charge on any atom is 0.418 e. The molecule has 1 aliphatic carbocycles. The molecule has 0 bridgehead atoms. The summed E-state index contributed by atoms with van der Waals surface area (Å²) in [4.78, 5) is 12.0. The maximum atomic E-state index is 12.0. The van der Waals surface area contributed by atoms with E-state index >= 15 is 0 Å². The third-order valence-corrected chi connectivity index (χ3v) is 6.67. The van der Waals surface area contributed by atoms with Crippen LogP contribution in [0.15, 0.2) is 40.9 Å². The molecule has 0 unspecified atom stereocenters. The molecule has 1 heterocycles. The number of para-hydroxylation sites is 1. The highest BCUT2D eigenvalue weighted by molar-refractivity contribution is 6.31. The molecule has 2 aromatic rings. The number of amides is 1. The summed E-state index contributed by atoms with van der Waals surface area (Å²) in [6.07, 6.45) is 1.38. The summed E-state index contributed by atoms with van der Waals surface area (Å²) in [6, 6.07) is 10.7. The summed E-state index contributed by atoms with van der Waals surface area (Å²) in [7, 11) is -0.696. The van der Waals surface area contributed by atoms with Gasteiger partial charge in [-0.05, 0) is 43.9 Å². The van der Waals surface area contributed by atoms with Crippen LogP contribution in [0.3, 0.4) is 0 Å². The first-order valence-electron chi connectivity index (χ1n) is 9.26. The van der Waals surface area contributed by atoms with E-state index in [1.807, 2.05) is 6.07 Å². The average molecular weight is 389 g/mol. The lowest BCUT2D eigenvalue weighted by atomic mass is 9.85. The number of rotatable bonds is 6. The molecule has 1 aromatic carbocycles. The summed E-state index contributed by atoms with van der Waals surface area (Å²) in [5.41, 5.74) is -0.505. The van der Waals surface area contributed by atoms with E-state index in [2.05, 4.69) is 45.1 Å². The molecule has 146 valence electrons. The fourth-order valence-corrected chi connectivity index (χ4v) is 4.16. The number of benzene rings is 1. The van der Waals surface area contributed by atoms with Crippen LogP contribution >= 0.6 is 0 Å². The molecule has 0 atom stereocenters. The second kappa shape index (κ2) is 7.13. The molecular formula is C20H28N2O4Si. The summed E-state index contributed by atoms with van der Waals surface area (Å²) in [5.74, 6) is 1.57. The minimum absolute atomic E-state index is 0.179. The highest BCUT2D eigenvalue weighted by Gasteiger charge is 2.59. The fraction of sp³-hybridized carbons (Fsp3) is 0.500. The van der Waals surface area contributed by atoms with Crippen molar-refractivity contribution >= 4 is 21.7 Å². The Morgan fingerprint density at radius 1 is 1.19 bits per heavy atom. The Labute approximate surface area is 162 Å². The average Bonchev–Trinajstić information content (AvgIpc) is 3.29. The maximum absolute atomic E-state index is 12.0. The first kappa shape index (κ1) is 19.6. The van der Waals surface area contributed by atoms with Gasteiger partial charge in [-0.3, -0.25) is 5.32 Å². The number of hydrogen-bond acceptors (Lipinski definition) is 5. The van der Waals surface area contributed by atoms with Crippen molar-refractivity contribution in [1.82, 2.24) is 5.16 Å². The topological polar surface area (TPSA) is 73.6 Å². The van der Waals surface area contributed by atoms with E-state index < -0.39 is 15.9 Å². The lowest BCUT2D eigenvalue weighted by molar-refractivity contribution is 0.0537. The van der Waals surface area contributed by atoms with Gasteiger partial charge in [-0.2, -0.15) is 0 Å². The predicted octanol–water partition coefficient (Wildman–Crippen LogP) is 4.41. The second-order valence-corrected chi connectivity index (χ2v) is 11.5. The molecule has 0 radical (unpaired) electrons. The van der Waals surface area contributed by atoms with Crippen LogP contribution in [0, 0.1) is 0 Å². The molecule has 1 amide bonds. The standard InChI is InChI=1S/C20H28N2O4Si/c1-18(2,3)27-26-19(4,5)20(11-12-20)15-13-16(22-25-15)21-17(23)24-14-9-7-6-8-10-14/h6-10,13H,11-12,27H2,1-5H3,(H,21,22,23). The van der Waals surface area contributed by atoms with Gasteiger partial charge in [-0.1, -0.05) is 44.1 Å². The molecule has 6 nitrogen and oxygen atoms in total. The van der Waals surface area contributed by atoms with Crippen molar-refractivity contribution in [3.8, 4) is 5.75 Å². The van der Waals surface area contributed by atoms with Gasteiger partial charge >= 0.3 is 6.09 Å². The van der Waals surface area contributed by atoms with E-state index in [4.69, 9.17) is 13.7 Å². The van der Waals surface area contributed by atoms with Gasteiger partial charge in [0.2, 0.25) is 0 Å². The number of carbonyl (C=O) groups is 1. The molecule has 3 rings (SSSR count). The molecule has 7 heteroatoms. The van der Waals surface area contributed by atoms with Gasteiger partial charge < -0.3 is 13.7 Å². The van der Waals surface area contributed by atoms with Crippen molar-refractivity contribution in [3.63, 3.8) is 0 Å². The number of nitrogens with zero attached hydrogens (tertiary/aromatic N) is 1. The Kier molecular flexibility index (Phi) is 5.18. The SMILES string of the molecule is CC(C)(C)[SiH2]OC(C)(C)C1(c2cc(NC(=O)Oc3ccccc3)no2)CC1. The molecule has 0 spiro atoms. The van der Waals surface area contributed by atoms with Gasteiger partial charge in [0.1, 0.15) is 11.5 Å². The molecule has 1 N–H and O–H groups in total. The highest BCUT2D eigenvalue weighted by atomic mass is 28.2. The molecule has 0 saturated heterocycles. The van der Waals surface area contributed by atoms with Gasteiger partial charge in [0.05, 0.1) is 11.0 Å². The largest absolute Gasteiger partial charge is 0.418 e. The molecule has 1 saturated carbocycles. The van der Waals surface area contributed by atoms with E-state index in [1.54, 1.807) is 30.3 Å². The van der Waals surface area contributed by atoms with Crippen LogP contribution in [0.5, 0.6) is 5.75 Å². The molecule has 1 aliphatic rings. The van der Waals surface area contributed by atoms with Gasteiger partial charge in [-0.25, -0.2) is 4.79 Å². The van der Waals surface area contributed by atoms with Crippen LogP contribution < -0.4 is 10.1 Å². The van der Waals surface area contributed by atoms with Crippen LogP contribution in [0.4, 0.5) is 10.6 Å². The quantitative estimate of drug-likeness (QED) is 0.742. The Hall–Kier alpha value is -2.12. The third-order valence-electron chi connectivity index (χ3n) is 4.93. The van der Waals surface area contributed by atoms with E-state index in [9.17, 15) is 4.79 Å². The lowest BCUT2D eigenvalue weighted by Gasteiger charge is -2.36. The van der Waals surface area contributed by atoms with E-state index in [0.717, 1.165) is 18.6 Å². The minimum Gasteiger partial charge on any atom is -0.418 e. The molecule has 1 aromatic heterocycles. The Morgan fingerprint density at radius 2 is 1.85 bits per heavy atom. The van der Waals surface area contributed by atoms with E-state index in [1.165, 1.54) is 0 Å². The van der Waals surface area contributed by atoms with Crippen molar-refractivity contribution in [1.29, 1.82) is 0 Å². The van der Waals surface area contributed by atoms with Crippen molar-refractivity contribution in [2.45, 2.75) is 63.5 Å². The Bertz CT molecular complexity index is 792. The summed E-state index contributed by atoms with van der Waals surface area (Å²) >= 11 is 0. The van der Waals surface area contributed by atoms with Crippen molar-refractivity contribution in [2.24, 2.45) is 0 Å². The second-order valence-electron chi connectivity index (χ2n) is 8.85. The van der Waals surface area contributed by atoms with Gasteiger partial charge in [0.25, 0.3) is 0 Å². The van der Waals surface area contributed by atoms with E-state index in [0.29, 0.717) is 11.6 Å². The Balaban J connectivity index is 1.65. The Morgan fingerprint density at radius 3 is 2.44 bits per heavy atom. The summed E-state index contributed by atoms with van der Waals surface area (Å²) in [5, 5.41) is 6.84. The number of anilines is 1. The summed E-state index contributed by atoms with van der Waals surface area (Å²) in [6.45, 7) is 10.9. The number of ether oxygens (including phenoxy) is 1. The van der Waals surface area contributed by atoms with Crippen molar-refractivity contribution in [3.05, 3.63) is 42.2 Å². The minimum atomic E-state index is -0.696. The molecule has 27 heavy (non-hydrogen) atoms. The van der Waals surface area contributed by atoms with E-state index in [-0.39, 0.29) is 16.1 Å². The van der Waals surface area contributed by atoms with Crippen LogP contribution in [-0.2, 0) is 9.84 Å². The normalized spacial score (nSPS) is 16.5. The lowest BCUT2D eigenvalue weighted by Crippen LogP contribution is -2.41. The van der Waals surface area contributed by atoms with Gasteiger partial charge in [0, 0.05) is 6.07 Å². The number of hydrogen-bond donors (Lipinski definition) is 1. The number of nitrogens with one attached hydrogen (secondary N) is 1. The molecule has 0 aliphatic heterocycles. The predicted molar refractivity (Wildman–Crippen MR) is 107 cm³/mol. The zero-order chi connectivity index (χ0) is 19.7. The van der Waals surface area contributed by atoms with Crippen LogP contribution in [0.2, 0.25) is 5.04 Å². The van der Waals surface area contributed by atoms with Gasteiger partial charge in [-0.15, -0.1) is 0 Å². The fourth-order valence-electron chi connectivity index (χ4n) is 3.09. The van der Waals surface area contributed by atoms with Crippen molar-refractivity contribution < 1.29 is 18.5 Å². The first-order chi connectivity index (χ1) is 12.6. The van der Waals surface area contributed by atoms with Crippen LogP contribution in [0.1, 0.15) is 53.2 Å². The smallest absolute Gasteiger partial charge is 0.418 e. The molecular weight excluding hydrogens is 360 g/mol. The first-order valence-corrected chi connectivity index (χ1v) is 10.5. The highest BCUT2D eigenvalue weighted by Crippen LogP contribution is 2.57.